The molecule has 28 heavy (non-hydrogen) atoms. The number of nitro benzene ring substituents is 1. The van der Waals surface area contributed by atoms with Gasteiger partial charge in [-0.2, -0.15) is 0 Å². The van der Waals surface area contributed by atoms with Gasteiger partial charge in [0.25, 0.3) is 5.69 Å². The van der Waals surface area contributed by atoms with Crippen LogP contribution in [0.5, 0.6) is 5.75 Å². The Labute approximate surface area is 168 Å². The van der Waals surface area contributed by atoms with Gasteiger partial charge >= 0.3 is 0 Å². The summed E-state index contributed by atoms with van der Waals surface area (Å²) in [7, 11) is 0. The summed E-state index contributed by atoms with van der Waals surface area (Å²) in [4.78, 5) is 14.9. The zero-order valence-corrected chi connectivity index (χ0v) is 16.3. The van der Waals surface area contributed by atoms with Crippen LogP contribution in [0.2, 0.25) is 5.02 Å². The van der Waals surface area contributed by atoms with E-state index in [9.17, 15) is 10.1 Å². The smallest absolute Gasteiger partial charge is 0.269 e. The standard InChI is InChI=1S/C22H19ClN2O3/c1-15-3-9-21(16(2)11-15)24-13-18-12-19(23)6-10-22(18)28-14-17-4-7-20(8-5-17)25(26)27/h3-13H,14H2,1-2H3. The van der Waals surface area contributed by atoms with Crippen LogP contribution in [0.1, 0.15) is 22.3 Å². The second-order valence-electron chi connectivity index (χ2n) is 6.44. The summed E-state index contributed by atoms with van der Waals surface area (Å²) in [5, 5.41) is 11.3. The summed E-state index contributed by atoms with van der Waals surface area (Å²) in [5.74, 6) is 0.635. The van der Waals surface area contributed by atoms with Crippen molar-refractivity contribution >= 4 is 29.2 Å². The Balaban J connectivity index is 1.78. The van der Waals surface area contributed by atoms with Gasteiger partial charge in [0.15, 0.2) is 0 Å². The van der Waals surface area contributed by atoms with E-state index in [1.807, 2.05) is 26.0 Å². The predicted octanol–water partition coefficient (Wildman–Crippen LogP) is 6.19. The molecule has 0 saturated carbocycles. The van der Waals surface area contributed by atoms with Gasteiger partial charge in [-0.25, -0.2) is 0 Å². The summed E-state index contributed by atoms with van der Waals surface area (Å²) >= 11 is 6.13. The van der Waals surface area contributed by atoms with E-state index < -0.39 is 4.92 Å². The van der Waals surface area contributed by atoms with E-state index in [1.165, 1.54) is 17.7 Å². The van der Waals surface area contributed by atoms with Gasteiger partial charge < -0.3 is 4.74 Å². The molecular weight excluding hydrogens is 376 g/mol. The van der Waals surface area contributed by atoms with Gasteiger partial charge in [0, 0.05) is 28.9 Å². The fourth-order valence-corrected chi connectivity index (χ4v) is 2.90. The van der Waals surface area contributed by atoms with Crippen LogP contribution in [-0.4, -0.2) is 11.1 Å². The molecule has 3 rings (SSSR count). The average Bonchev–Trinajstić information content (AvgIpc) is 2.67. The van der Waals surface area contributed by atoms with E-state index >= 15 is 0 Å². The van der Waals surface area contributed by atoms with Crippen LogP contribution in [0.15, 0.2) is 65.7 Å². The van der Waals surface area contributed by atoms with Gasteiger partial charge in [-0.1, -0.05) is 29.3 Å². The summed E-state index contributed by atoms with van der Waals surface area (Å²) in [5.41, 5.74) is 4.80. The SMILES string of the molecule is Cc1ccc(N=Cc2cc(Cl)ccc2OCc2ccc([N+](=O)[O-])cc2)c(C)c1. The van der Waals surface area contributed by atoms with Crippen LogP contribution in [0.4, 0.5) is 11.4 Å². The Kier molecular flexibility index (Phi) is 6.06. The molecule has 0 saturated heterocycles. The van der Waals surface area contributed by atoms with Crippen molar-refractivity contribution in [3.8, 4) is 5.75 Å². The maximum absolute atomic E-state index is 10.7. The maximum atomic E-state index is 10.7. The van der Waals surface area contributed by atoms with Gasteiger partial charge in [0.1, 0.15) is 12.4 Å². The second kappa shape index (κ2) is 8.67. The lowest BCUT2D eigenvalue weighted by atomic mass is 10.1. The number of ether oxygens (including phenoxy) is 1. The van der Waals surface area contributed by atoms with E-state index in [0.717, 1.165) is 22.4 Å². The number of nitro groups is 1. The van der Waals surface area contributed by atoms with Crippen LogP contribution >= 0.6 is 11.6 Å². The Hall–Kier alpha value is -3.18. The quantitative estimate of drug-likeness (QED) is 0.284. The van der Waals surface area contributed by atoms with E-state index in [4.69, 9.17) is 16.3 Å². The first kappa shape index (κ1) is 19.6. The van der Waals surface area contributed by atoms with Gasteiger partial charge in [0.05, 0.1) is 10.6 Å². The molecule has 0 aromatic heterocycles. The highest BCUT2D eigenvalue weighted by atomic mass is 35.5. The van der Waals surface area contributed by atoms with Crippen molar-refractivity contribution in [1.29, 1.82) is 0 Å². The van der Waals surface area contributed by atoms with Crippen molar-refractivity contribution < 1.29 is 9.66 Å². The number of aryl methyl sites for hydroxylation is 2. The lowest BCUT2D eigenvalue weighted by Crippen LogP contribution is -1.99. The van der Waals surface area contributed by atoms with E-state index in [2.05, 4.69) is 11.1 Å². The predicted molar refractivity (Wildman–Crippen MR) is 112 cm³/mol. The average molecular weight is 395 g/mol. The molecule has 0 aliphatic carbocycles. The van der Waals surface area contributed by atoms with E-state index in [1.54, 1.807) is 36.5 Å². The third-order valence-corrected chi connectivity index (χ3v) is 4.44. The lowest BCUT2D eigenvalue weighted by molar-refractivity contribution is -0.384. The number of non-ortho nitro benzene ring substituents is 1. The molecule has 0 fully saturated rings. The number of halogens is 1. The van der Waals surface area contributed by atoms with Crippen molar-refractivity contribution in [2.75, 3.05) is 0 Å². The number of hydrogen-bond acceptors (Lipinski definition) is 4. The third kappa shape index (κ3) is 4.96. The first-order valence-corrected chi connectivity index (χ1v) is 9.07. The second-order valence-corrected chi connectivity index (χ2v) is 6.88. The molecule has 0 amide bonds. The zero-order chi connectivity index (χ0) is 20.1. The minimum atomic E-state index is -0.425. The topological polar surface area (TPSA) is 64.7 Å². The Bertz CT molecular complexity index is 1030. The molecule has 0 bridgehead atoms. The van der Waals surface area contributed by atoms with Crippen LogP contribution < -0.4 is 4.74 Å². The summed E-state index contributed by atoms with van der Waals surface area (Å²) < 4.78 is 5.90. The van der Waals surface area contributed by atoms with Crippen molar-refractivity contribution in [2.24, 2.45) is 4.99 Å². The normalized spacial score (nSPS) is 11.0. The van der Waals surface area contributed by atoms with E-state index in [0.29, 0.717) is 10.8 Å². The van der Waals surface area contributed by atoms with Gasteiger partial charge in [-0.05, 0) is 61.4 Å². The number of aliphatic imine (C=N–C) groups is 1. The minimum absolute atomic E-state index is 0.0523. The van der Waals surface area contributed by atoms with E-state index in [-0.39, 0.29) is 12.3 Å². The van der Waals surface area contributed by atoms with Crippen molar-refractivity contribution in [3.05, 3.63) is 98.1 Å². The molecule has 0 aliphatic rings. The van der Waals surface area contributed by atoms with Gasteiger partial charge in [-0.15, -0.1) is 0 Å². The molecule has 3 aromatic carbocycles. The number of hydrogen-bond donors (Lipinski definition) is 0. The van der Waals surface area contributed by atoms with Gasteiger partial charge in [-0.3, -0.25) is 15.1 Å². The molecule has 3 aromatic rings. The largest absolute Gasteiger partial charge is 0.488 e. The molecule has 0 atom stereocenters. The first-order valence-electron chi connectivity index (χ1n) is 8.69. The lowest BCUT2D eigenvalue weighted by Gasteiger charge is -2.10. The van der Waals surface area contributed by atoms with Crippen LogP contribution in [-0.2, 0) is 6.61 Å². The molecular formula is C22H19ClN2O3. The molecule has 0 N–H and O–H groups in total. The minimum Gasteiger partial charge on any atom is -0.488 e. The molecule has 6 heteroatoms. The van der Waals surface area contributed by atoms with Crippen LogP contribution in [0, 0.1) is 24.0 Å². The fourth-order valence-electron chi connectivity index (χ4n) is 2.72. The first-order chi connectivity index (χ1) is 13.4. The highest BCUT2D eigenvalue weighted by Crippen LogP contribution is 2.25. The highest BCUT2D eigenvalue weighted by molar-refractivity contribution is 6.30. The molecule has 5 nitrogen and oxygen atoms in total. The summed E-state index contributed by atoms with van der Waals surface area (Å²) in [6, 6.07) is 17.7. The number of benzene rings is 3. The number of nitrogens with zero attached hydrogens (tertiary/aromatic N) is 2. The van der Waals surface area contributed by atoms with Crippen molar-refractivity contribution in [2.45, 2.75) is 20.5 Å². The molecule has 0 heterocycles. The Morgan fingerprint density at radius 1 is 1.07 bits per heavy atom. The Morgan fingerprint density at radius 3 is 2.50 bits per heavy atom. The highest BCUT2D eigenvalue weighted by Gasteiger charge is 2.07. The van der Waals surface area contributed by atoms with Crippen molar-refractivity contribution in [1.82, 2.24) is 0 Å². The van der Waals surface area contributed by atoms with Gasteiger partial charge in [0.2, 0.25) is 0 Å². The summed E-state index contributed by atoms with van der Waals surface area (Å²) in [6.45, 7) is 4.34. The van der Waals surface area contributed by atoms with Crippen LogP contribution in [0.3, 0.4) is 0 Å². The number of rotatable bonds is 6. The monoisotopic (exact) mass is 394 g/mol. The molecule has 0 unspecified atom stereocenters. The molecule has 0 radical (unpaired) electrons. The molecule has 142 valence electrons. The third-order valence-electron chi connectivity index (χ3n) is 4.21. The molecule has 0 spiro atoms. The molecule has 0 aliphatic heterocycles. The summed E-state index contributed by atoms with van der Waals surface area (Å²) in [6.07, 6.45) is 1.73. The van der Waals surface area contributed by atoms with Crippen LogP contribution in [0.25, 0.3) is 0 Å². The zero-order valence-electron chi connectivity index (χ0n) is 15.6. The fraction of sp³-hybridized carbons (Fsp3) is 0.136. The maximum Gasteiger partial charge on any atom is 0.269 e. The van der Waals surface area contributed by atoms with Crippen molar-refractivity contribution in [3.63, 3.8) is 0 Å². The Morgan fingerprint density at radius 2 is 1.82 bits per heavy atom.